The van der Waals surface area contributed by atoms with Crippen molar-refractivity contribution >= 4 is 0 Å². The SMILES string of the molecule is C=CCC(O)COCCC. The van der Waals surface area contributed by atoms with Crippen LogP contribution < -0.4 is 0 Å². The molecule has 1 unspecified atom stereocenters. The first-order valence-corrected chi connectivity index (χ1v) is 3.68. The van der Waals surface area contributed by atoms with Gasteiger partial charge in [-0.3, -0.25) is 0 Å². The van der Waals surface area contributed by atoms with Gasteiger partial charge < -0.3 is 9.84 Å². The summed E-state index contributed by atoms with van der Waals surface area (Å²) in [7, 11) is 0. The zero-order valence-corrected chi connectivity index (χ0v) is 6.55. The van der Waals surface area contributed by atoms with Gasteiger partial charge in [-0.2, -0.15) is 0 Å². The van der Waals surface area contributed by atoms with E-state index in [2.05, 4.69) is 6.58 Å². The highest BCUT2D eigenvalue weighted by Gasteiger charge is 1.99. The standard InChI is InChI=1S/C8H16O2/c1-3-5-8(9)7-10-6-4-2/h3,8-9H,1,4-7H2,2H3. The van der Waals surface area contributed by atoms with E-state index in [9.17, 15) is 0 Å². The number of hydrogen-bond donors (Lipinski definition) is 1. The van der Waals surface area contributed by atoms with Crippen LogP contribution in [0.25, 0.3) is 0 Å². The van der Waals surface area contributed by atoms with Crippen molar-refractivity contribution in [1.82, 2.24) is 0 Å². The molecule has 0 aromatic carbocycles. The third-order valence-electron chi connectivity index (χ3n) is 1.10. The maximum absolute atomic E-state index is 9.08. The van der Waals surface area contributed by atoms with Crippen LogP contribution in [0.15, 0.2) is 12.7 Å². The minimum Gasteiger partial charge on any atom is -0.390 e. The second kappa shape index (κ2) is 6.78. The van der Waals surface area contributed by atoms with E-state index in [0.29, 0.717) is 13.0 Å². The molecular formula is C8H16O2. The summed E-state index contributed by atoms with van der Waals surface area (Å²) in [6, 6.07) is 0. The summed E-state index contributed by atoms with van der Waals surface area (Å²) >= 11 is 0. The molecule has 10 heavy (non-hydrogen) atoms. The van der Waals surface area contributed by atoms with Gasteiger partial charge in [0, 0.05) is 6.61 Å². The molecule has 0 spiro atoms. The van der Waals surface area contributed by atoms with Crippen LogP contribution in [0.5, 0.6) is 0 Å². The summed E-state index contributed by atoms with van der Waals surface area (Å²) in [6.07, 6.45) is 2.94. The molecule has 2 heteroatoms. The van der Waals surface area contributed by atoms with E-state index in [-0.39, 0.29) is 6.10 Å². The minimum atomic E-state index is -0.371. The van der Waals surface area contributed by atoms with E-state index in [4.69, 9.17) is 9.84 Å². The molecule has 0 aromatic heterocycles. The summed E-state index contributed by atoms with van der Waals surface area (Å²) in [5, 5.41) is 9.08. The lowest BCUT2D eigenvalue weighted by molar-refractivity contribution is 0.0388. The Kier molecular flexibility index (Phi) is 6.55. The van der Waals surface area contributed by atoms with Crippen molar-refractivity contribution < 1.29 is 9.84 Å². The predicted molar refractivity (Wildman–Crippen MR) is 41.9 cm³/mol. The average Bonchev–Trinajstić information content (AvgIpc) is 1.89. The summed E-state index contributed by atoms with van der Waals surface area (Å²) in [5.41, 5.74) is 0. The molecule has 1 N–H and O–H groups in total. The molecule has 60 valence electrons. The summed E-state index contributed by atoms with van der Waals surface area (Å²) in [4.78, 5) is 0. The fraction of sp³-hybridized carbons (Fsp3) is 0.750. The molecule has 0 saturated heterocycles. The Labute approximate surface area is 62.5 Å². The Balaban J connectivity index is 3.04. The lowest BCUT2D eigenvalue weighted by Gasteiger charge is -2.07. The van der Waals surface area contributed by atoms with Crippen LogP contribution in [0, 0.1) is 0 Å². The minimum absolute atomic E-state index is 0.371. The predicted octanol–water partition coefficient (Wildman–Crippen LogP) is 1.35. The van der Waals surface area contributed by atoms with Crippen LogP contribution in [0.1, 0.15) is 19.8 Å². The number of hydrogen-bond acceptors (Lipinski definition) is 2. The fourth-order valence-corrected chi connectivity index (χ4v) is 0.624. The van der Waals surface area contributed by atoms with Gasteiger partial charge in [0.15, 0.2) is 0 Å². The third kappa shape index (κ3) is 5.79. The highest BCUT2D eigenvalue weighted by molar-refractivity contribution is 4.71. The van der Waals surface area contributed by atoms with Crippen LogP contribution in [-0.4, -0.2) is 24.4 Å². The van der Waals surface area contributed by atoms with Crippen LogP contribution >= 0.6 is 0 Å². The van der Waals surface area contributed by atoms with E-state index in [1.807, 2.05) is 6.92 Å². The Morgan fingerprint density at radius 3 is 2.90 bits per heavy atom. The van der Waals surface area contributed by atoms with Crippen molar-refractivity contribution in [3.63, 3.8) is 0 Å². The highest BCUT2D eigenvalue weighted by atomic mass is 16.5. The third-order valence-corrected chi connectivity index (χ3v) is 1.10. The van der Waals surface area contributed by atoms with Gasteiger partial charge in [-0.15, -0.1) is 6.58 Å². The lowest BCUT2D eigenvalue weighted by Crippen LogP contribution is -2.14. The topological polar surface area (TPSA) is 29.5 Å². The molecule has 0 radical (unpaired) electrons. The van der Waals surface area contributed by atoms with E-state index in [1.165, 1.54) is 0 Å². The van der Waals surface area contributed by atoms with E-state index < -0.39 is 0 Å². The van der Waals surface area contributed by atoms with Crippen LogP contribution in [0.3, 0.4) is 0 Å². The zero-order chi connectivity index (χ0) is 7.82. The Hall–Kier alpha value is -0.340. The molecule has 0 rings (SSSR count). The van der Waals surface area contributed by atoms with E-state index >= 15 is 0 Å². The van der Waals surface area contributed by atoms with Gasteiger partial charge in [-0.05, 0) is 12.8 Å². The fourth-order valence-electron chi connectivity index (χ4n) is 0.624. The molecule has 0 bridgehead atoms. The summed E-state index contributed by atoms with van der Waals surface area (Å²) < 4.78 is 5.10. The number of aliphatic hydroxyl groups is 1. The van der Waals surface area contributed by atoms with Crippen LogP contribution in [-0.2, 0) is 4.74 Å². The van der Waals surface area contributed by atoms with Gasteiger partial charge in [-0.25, -0.2) is 0 Å². The Morgan fingerprint density at radius 1 is 1.70 bits per heavy atom. The molecular weight excluding hydrogens is 128 g/mol. The summed E-state index contributed by atoms with van der Waals surface area (Å²) in [6.45, 7) is 6.72. The second-order valence-corrected chi connectivity index (χ2v) is 2.25. The summed E-state index contributed by atoms with van der Waals surface area (Å²) in [5.74, 6) is 0. The number of aliphatic hydroxyl groups excluding tert-OH is 1. The van der Waals surface area contributed by atoms with Gasteiger partial charge in [0.25, 0.3) is 0 Å². The van der Waals surface area contributed by atoms with Gasteiger partial charge in [0.1, 0.15) is 0 Å². The van der Waals surface area contributed by atoms with Gasteiger partial charge in [-0.1, -0.05) is 13.0 Å². The first-order valence-electron chi connectivity index (χ1n) is 3.68. The van der Waals surface area contributed by atoms with E-state index in [0.717, 1.165) is 13.0 Å². The average molecular weight is 144 g/mol. The normalized spacial score (nSPS) is 13.0. The molecule has 0 fully saturated rings. The van der Waals surface area contributed by atoms with Gasteiger partial charge >= 0.3 is 0 Å². The van der Waals surface area contributed by atoms with Crippen molar-refractivity contribution in [1.29, 1.82) is 0 Å². The maximum atomic E-state index is 9.08. The first-order chi connectivity index (χ1) is 4.81. The molecule has 0 aliphatic carbocycles. The molecule has 2 nitrogen and oxygen atoms in total. The lowest BCUT2D eigenvalue weighted by atomic mass is 10.3. The monoisotopic (exact) mass is 144 g/mol. The van der Waals surface area contributed by atoms with Crippen LogP contribution in [0.2, 0.25) is 0 Å². The Bertz CT molecular complexity index is 81.3. The van der Waals surface area contributed by atoms with E-state index in [1.54, 1.807) is 6.08 Å². The molecule has 0 aromatic rings. The largest absolute Gasteiger partial charge is 0.390 e. The maximum Gasteiger partial charge on any atom is 0.0807 e. The van der Waals surface area contributed by atoms with Gasteiger partial charge in [0.05, 0.1) is 12.7 Å². The quantitative estimate of drug-likeness (QED) is 0.450. The van der Waals surface area contributed by atoms with Crippen molar-refractivity contribution in [3.8, 4) is 0 Å². The van der Waals surface area contributed by atoms with Crippen molar-refractivity contribution in [2.24, 2.45) is 0 Å². The van der Waals surface area contributed by atoms with Crippen molar-refractivity contribution in [2.75, 3.05) is 13.2 Å². The molecule has 0 aliphatic rings. The van der Waals surface area contributed by atoms with Crippen molar-refractivity contribution in [2.45, 2.75) is 25.9 Å². The molecule has 0 saturated carbocycles. The molecule has 0 heterocycles. The molecule has 1 atom stereocenters. The molecule has 0 aliphatic heterocycles. The van der Waals surface area contributed by atoms with Crippen LogP contribution in [0.4, 0.5) is 0 Å². The van der Waals surface area contributed by atoms with Crippen molar-refractivity contribution in [3.05, 3.63) is 12.7 Å². The smallest absolute Gasteiger partial charge is 0.0807 e. The highest BCUT2D eigenvalue weighted by Crippen LogP contribution is 1.93. The van der Waals surface area contributed by atoms with Gasteiger partial charge in [0.2, 0.25) is 0 Å². The number of ether oxygens (including phenoxy) is 1. The zero-order valence-electron chi connectivity index (χ0n) is 6.55. The second-order valence-electron chi connectivity index (χ2n) is 2.25. The molecule has 0 amide bonds. The Morgan fingerprint density at radius 2 is 2.40 bits per heavy atom. The number of rotatable bonds is 6. The first kappa shape index (κ1) is 9.66.